The molecule has 0 saturated heterocycles. The van der Waals surface area contributed by atoms with Crippen molar-refractivity contribution in [2.75, 3.05) is 0 Å². The van der Waals surface area contributed by atoms with E-state index in [2.05, 4.69) is 22.4 Å². The van der Waals surface area contributed by atoms with Gasteiger partial charge in [-0.1, -0.05) is 42.9 Å². The number of rotatable bonds is 4. The van der Waals surface area contributed by atoms with Gasteiger partial charge >= 0.3 is 0 Å². The number of aromatic nitrogens is 2. The first kappa shape index (κ1) is 14.8. The third kappa shape index (κ3) is 4.18. The molecule has 106 valence electrons. The van der Waals surface area contributed by atoms with Crippen LogP contribution in [0.3, 0.4) is 0 Å². The highest BCUT2D eigenvalue weighted by Crippen LogP contribution is 2.28. The Hall–Kier alpha value is -0.620. The summed E-state index contributed by atoms with van der Waals surface area (Å²) in [5, 5.41) is 12.0. The van der Waals surface area contributed by atoms with Crippen LogP contribution in [0.1, 0.15) is 44.5 Å². The van der Waals surface area contributed by atoms with E-state index in [1.807, 2.05) is 13.8 Å². The molecule has 4 nitrogen and oxygen atoms in total. The topological polar surface area (TPSA) is 54.9 Å². The molecule has 3 atom stereocenters. The van der Waals surface area contributed by atoms with Crippen molar-refractivity contribution < 1.29 is 4.79 Å². The van der Waals surface area contributed by atoms with Gasteiger partial charge in [0.1, 0.15) is 5.01 Å². The Labute approximate surface area is 122 Å². The summed E-state index contributed by atoms with van der Waals surface area (Å²) in [6, 6.07) is 0.348. The van der Waals surface area contributed by atoms with Gasteiger partial charge in [-0.15, -0.1) is 10.2 Å². The van der Waals surface area contributed by atoms with Gasteiger partial charge in [0.15, 0.2) is 4.34 Å². The summed E-state index contributed by atoms with van der Waals surface area (Å²) in [4.78, 5) is 12.2. The van der Waals surface area contributed by atoms with Gasteiger partial charge in [0.05, 0.1) is 5.25 Å². The van der Waals surface area contributed by atoms with Crippen LogP contribution in [-0.4, -0.2) is 27.4 Å². The molecule has 1 heterocycles. The molecule has 0 spiro atoms. The summed E-state index contributed by atoms with van der Waals surface area (Å²) in [7, 11) is 0. The molecule has 1 saturated carbocycles. The third-order valence-electron chi connectivity index (χ3n) is 3.59. The Morgan fingerprint density at radius 1 is 1.42 bits per heavy atom. The highest BCUT2D eigenvalue weighted by Gasteiger charge is 2.25. The van der Waals surface area contributed by atoms with Crippen LogP contribution in [0, 0.1) is 12.8 Å². The monoisotopic (exact) mass is 299 g/mol. The average molecular weight is 299 g/mol. The molecule has 1 aromatic heterocycles. The number of hydrogen-bond acceptors (Lipinski definition) is 5. The molecule has 0 bridgehead atoms. The van der Waals surface area contributed by atoms with Crippen LogP contribution in [0.25, 0.3) is 0 Å². The predicted molar refractivity (Wildman–Crippen MR) is 79.5 cm³/mol. The van der Waals surface area contributed by atoms with Crippen molar-refractivity contribution in [1.29, 1.82) is 0 Å². The number of aryl methyl sites for hydroxylation is 1. The van der Waals surface area contributed by atoms with Gasteiger partial charge in [0.25, 0.3) is 0 Å². The van der Waals surface area contributed by atoms with E-state index in [4.69, 9.17) is 0 Å². The fourth-order valence-corrected chi connectivity index (χ4v) is 4.33. The van der Waals surface area contributed by atoms with Crippen LogP contribution in [0.2, 0.25) is 0 Å². The maximum Gasteiger partial charge on any atom is 0.233 e. The quantitative estimate of drug-likeness (QED) is 0.868. The molecule has 1 aromatic rings. The lowest BCUT2D eigenvalue weighted by molar-refractivity contribution is -0.121. The zero-order chi connectivity index (χ0) is 13.8. The number of hydrogen-bond donors (Lipinski definition) is 1. The Balaban J connectivity index is 1.85. The SMILES string of the molecule is Cc1nnc(S[C@H](C)C(=O)N[C@H]2CCCC[C@@H]2C)s1. The van der Waals surface area contributed by atoms with Gasteiger partial charge in [-0.2, -0.15) is 0 Å². The molecule has 1 amide bonds. The summed E-state index contributed by atoms with van der Waals surface area (Å²) in [5.74, 6) is 0.718. The second kappa shape index (κ2) is 6.70. The Bertz CT molecular complexity index is 435. The Kier molecular flexibility index (Phi) is 5.21. The minimum absolute atomic E-state index is 0.110. The number of carbonyl (C=O) groups is 1. The molecule has 1 N–H and O–H groups in total. The smallest absolute Gasteiger partial charge is 0.233 e. The molecular formula is C13H21N3OS2. The van der Waals surface area contributed by atoms with E-state index in [0.29, 0.717) is 12.0 Å². The van der Waals surface area contributed by atoms with E-state index in [1.54, 1.807) is 11.3 Å². The molecule has 0 aromatic carbocycles. The van der Waals surface area contributed by atoms with Crippen LogP contribution in [0.5, 0.6) is 0 Å². The van der Waals surface area contributed by atoms with Crippen molar-refractivity contribution in [1.82, 2.24) is 15.5 Å². The highest BCUT2D eigenvalue weighted by atomic mass is 32.2. The lowest BCUT2D eigenvalue weighted by atomic mass is 9.86. The van der Waals surface area contributed by atoms with Gasteiger partial charge in [0, 0.05) is 6.04 Å². The predicted octanol–water partition coefficient (Wildman–Crippen LogP) is 3.02. The zero-order valence-electron chi connectivity index (χ0n) is 11.7. The molecular weight excluding hydrogens is 278 g/mol. The molecule has 1 aliphatic rings. The van der Waals surface area contributed by atoms with Crippen LogP contribution < -0.4 is 5.32 Å². The fraction of sp³-hybridized carbons (Fsp3) is 0.769. The first-order valence-electron chi connectivity index (χ1n) is 6.83. The van der Waals surface area contributed by atoms with E-state index in [-0.39, 0.29) is 11.2 Å². The number of nitrogens with one attached hydrogen (secondary N) is 1. The molecule has 0 aliphatic heterocycles. The first-order valence-corrected chi connectivity index (χ1v) is 8.53. The summed E-state index contributed by atoms with van der Waals surface area (Å²) in [5.41, 5.74) is 0. The molecule has 6 heteroatoms. The summed E-state index contributed by atoms with van der Waals surface area (Å²) in [6.07, 6.45) is 4.86. The van der Waals surface area contributed by atoms with Crippen molar-refractivity contribution in [3.8, 4) is 0 Å². The van der Waals surface area contributed by atoms with E-state index in [9.17, 15) is 4.79 Å². The minimum atomic E-state index is -0.110. The summed E-state index contributed by atoms with van der Waals surface area (Å²) >= 11 is 3.04. The molecule has 0 radical (unpaired) electrons. The fourth-order valence-electron chi connectivity index (χ4n) is 2.36. The lowest BCUT2D eigenvalue weighted by Gasteiger charge is -2.30. The minimum Gasteiger partial charge on any atom is -0.352 e. The normalized spacial score (nSPS) is 25.0. The van der Waals surface area contributed by atoms with Gasteiger partial charge in [0.2, 0.25) is 5.91 Å². The maximum absolute atomic E-state index is 12.2. The van der Waals surface area contributed by atoms with E-state index >= 15 is 0 Å². The molecule has 0 unspecified atom stereocenters. The second-order valence-electron chi connectivity index (χ2n) is 5.22. The average Bonchev–Trinajstić information content (AvgIpc) is 2.77. The van der Waals surface area contributed by atoms with Crippen LogP contribution in [0.4, 0.5) is 0 Å². The van der Waals surface area contributed by atoms with Crippen molar-refractivity contribution in [3.05, 3.63) is 5.01 Å². The molecule has 1 fully saturated rings. The van der Waals surface area contributed by atoms with Gasteiger partial charge in [-0.05, 0) is 32.6 Å². The van der Waals surface area contributed by atoms with Crippen LogP contribution in [-0.2, 0) is 4.79 Å². The standard InChI is InChI=1S/C13H21N3OS2/c1-8-6-4-5-7-11(8)14-12(17)9(2)18-13-16-15-10(3)19-13/h8-9,11H,4-7H2,1-3H3,(H,14,17)/t8-,9+,11-/m0/s1. The molecule has 19 heavy (non-hydrogen) atoms. The van der Waals surface area contributed by atoms with E-state index < -0.39 is 0 Å². The Morgan fingerprint density at radius 3 is 2.79 bits per heavy atom. The van der Waals surface area contributed by atoms with E-state index in [1.165, 1.54) is 31.0 Å². The number of carbonyl (C=O) groups excluding carboxylic acids is 1. The van der Waals surface area contributed by atoms with Gasteiger partial charge < -0.3 is 5.32 Å². The van der Waals surface area contributed by atoms with Crippen molar-refractivity contribution in [2.24, 2.45) is 5.92 Å². The molecule has 1 aliphatic carbocycles. The summed E-state index contributed by atoms with van der Waals surface area (Å²) in [6.45, 7) is 6.09. The molecule has 2 rings (SSSR count). The van der Waals surface area contributed by atoms with Crippen LogP contribution in [0.15, 0.2) is 4.34 Å². The van der Waals surface area contributed by atoms with Crippen molar-refractivity contribution in [3.63, 3.8) is 0 Å². The second-order valence-corrected chi connectivity index (χ2v) is 7.99. The largest absolute Gasteiger partial charge is 0.352 e. The van der Waals surface area contributed by atoms with Gasteiger partial charge in [-0.25, -0.2) is 0 Å². The van der Waals surface area contributed by atoms with Crippen molar-refractivity contribution >= 4 is 29.0 Å². The zero-order valence-corrected chi connectivity index (χ0v) is 13.3. The Morgan fingerprint density at radius 2 is 2.16 bits per heavy atom. The lowest BCUT2D eigenvalue weighted by Crippen LogP contribution is -2.44. The van der Waals surface area contributed by atoms with E-state index in [0.717, 1.165) is 15.8 Å². The van der Waals surface area contributed by atoms with Crippen LogP contribution >= 0.6 is 23.1 Å². The maximum atomic E-state index is 12.2. The number of nitrogens with zero attached hydrogens (tertiary/aromatic N) is 2. The highest BCUT2D eigenvalue weighted by molar-refractivity contribution is 8.02. The summed E-state index contributed by atoms with van der Waals surface area (Å²) < 4.78 is 0.872. The number of amides is 1. The number of thioether (sulfide) groups is 1. The first-order chi connectivity index (χ1) is 9.06. The third-order valence-corrected chi connectivity index (χ3v) is 5.62. The van der Waals surface area contributed by atoms with Gasteiger partial charge in [-0.3, -0.25) is 4.79 Å². The van der Waals surface area contributed by atoms with Crippen molar-refractivity contribution in [2.45, 2.75) is 62.1 Å².